The van der Waals surface area contributed by atoms with Crippen LogP contribution in [0.5, 0.6) is 17.2 Å². The second-order valence-electron chi connectivity index (χ2n) is 5.81. The Morgan fingerprint density at radius 3 is 2.41 bits per heavy atom. The van der Waals surface area contributed by atoms with E-state index in [1.165, 1.54) is 44.6 Å². The third kappa shape index (κ3) is 3.82. The van der Waals surface area contributed by atoms with E-state index in [-0.39, 0.29) is 34.6 Å². The molecule has 29 heavy (non-hydrogen) atoms. The monoisotopic (exact) mass is 405 g/mol. The molecule has 0 bridgehead atoms. The van der Waals surface area contributed by atoms with Gasteiger partial charge in [-0.15, -0.1) is 0 Å². The van der Waals surface area contributed by atoms with Crippen LogP contribution in [0, 0.1) is 11.3 Å². The predicted molar refractivity (Wildman–Crippen MR) is 97.1 cm³/mol. The minimum Gasteiger partial charge on any atom is -0.493 e. The van der Waals surface area contributed by atoms with Crippen LogP contribution in [0.1, 0.15) is 5.76 Å². The third-order valence-electron chi connectivity index (χ3n) is 4.10. The average Bonchev–Trinajstić information content (AvgIpc) is 2.70. The summed E-state index contributed by atoms with van der Waals surface area (Å²) in [5.41, 5.74) is -1.84. The van der Waals surface area contributed by atoms with Gasteiger partial charge in [-0.05, 0) is 29.8 Å². The van der Waals surface area contributed by atoms with Crippen molar-refractivity contribution in [3.63, 3.8) is 0 Å². The third-order valence-corrected chi connectivity index (χ3v) is 4.10. The van der Waals surface area contributed by atoms with Crippen molar-refractivity contribution in [1.29, 1.82) is 5.26 Å². The first kappa shape index (κ1) is 20.1. The number of methoxy groups -OCH3 is 2. The molecule has 1 heterocycles. The molecule has 0 aliphatic heterocycles. The summed E-state index contributed by atoms with van der Waals surface area (Å²) in [6.45, 7) is -0.300. The SMILES string of the molecule is COc1ccc(-c2c(C(F)(F)F)oc3cc(OCC#N)ccc3c2=O)cc1OC. The van der Waals surface area contributed by atoms with Crippen molar-refractivity contribution in [3.05, 3.63) is 52.4 Å². The van der Waals surface area contributed by atoms with Gasteiger partial charge in [0.2, 0.25) is 11.2 Å². The molecule has 3 rings (SSSR count). The molecule has 0 unspecified atom stereocenters. The van der Waals surface area contributed by atoms with Gasteiger partial charge in [-0.1, -0.05) is 6.07 Å². The maximum absolute atomic E-state index is 13.7. The molecule has 1 aromatic heterocycles. The highest BCUT2D eigenvalue weighted by Crippen LogP contribution is 2.40. The van der Waals surface area contributed by atoms with Crippen molar-refractivity contribution in [1.82, 2.24) is 0 Å². The number of hydrogen-bond donors (Lipinski definition) is 0. The molecule has 0 radical (unpaired) electrons. The van der Waals surface area contributed by atoms with E-state index in [1.54, 1.807) is 6.07 Å². The van der Waals surface area contributed by atoms with Crippen molar-refractivity contribution in [3.8, 4) is 34.4 Å². The van der Waals surface area contributed by atoms with Crippen LogP contribution in [-0.4, -0.2) is 20.8 Å². The molecule has 0 saturated carbocycles. The van der Waals surface area contributed by atoms with E-state index in [0.29, 0.717) is 5.75 Å². The van der Waals surface area contributed by atoms with Crippen LogP contribution in [0.4, 0.5) is 13.2 Å². The van der Waals surface area contributed by atoms with Gasteiger partial charge < -0.3 is 18.6 Å². The molecule has 2 aromatic carbocycles. The quantitative estimate of drug-likeness (QED) is 0.626. The first-order valence-electron chi connectivity index (χ1n) is 8.20. The molecule has 150 valence electrons. The minimum atomic E-state index is -4.93. The lowest BCUT2D eigenvalue weighted by Gasteiger charge is -2.14. The fourth-order valence-electron chi connectivity index (χ4n) is 2.83. The van der Waals surface area contributed by atoms with Gasteiger partial charge in [0.1, 0.15) is 17.4 Å². The topological polar surface area (TPSA) is 81.7 Å². The summed E-state index contributed by atoms with van der Waals surface area (Å²) in [6, 6.07) is 9.55. The molecule has 6 nitrogen and oxygen atoms in total. The molecular weight excluding hydrogens is 391 g/mol. The number of halogens is 3. The zero-order valence-electron chi connectivity index (χ0n) is 15.3. The lowest BCUT2D eigenvalue weighted by Crippen LogP contribution is -2.16. The Kier molecular flexibility index (Phi) is 5.37. The van der Waals surface area contributed by atoms with E-state index >= 15 is 0 Å². The number of alkyl halides is 3. The van der Waals surface area contributed by atoms with E-state index in [9.17, 15) is 18.0 Å². The lowest BCUT2D eigenvalue weighted by atomic mass is 10.0. The first-order chi connectivity index (χ1) is 13.8. The lowest BCUT2D eigenvalue weighted by molar-refractivity contribution is -0.152. The normalized spacial score (nSPS) is 11.2. The number of hydrogen-bond acceptors (Lipinski definition) is 6. The predicted octanol–water partition coefficient (Wildman–Crippen LogP) is 4.40. The van der Waals surface area contributed by atoms with E-state index in [2.05, 4.69) is 0 Å². The molecule has 0 saturated heterocycles. The summed E-state index contributed by atoms with van der Waals surface area (Å²) in [7, 11) is 2.72. The minimum absolute atomic E-state index is 0.0320. The summed E-state index contributed by atoms with van der Waals surface area (Å²) in [4.78, 5) is 13.0. The van der Waals surface area contributed by atoms with Crippen LogP contribution in [-0.2, 0) is 6.18 Å². The fraction of sp³-hybridized carbons (Fsp3) is 0.200. The Labute approximate surface area is 162 Å². The Morgan fingerprint density at radius 1 is 1.07 bits per heavy atom. The number of benzene rings is 2. The highest BCUT2D eigenvalue weighted by molar-refractivity contribution is 5.84. The van der Waals surface area contributed by atoms with Crippen molar-refractivity contribution in [2.24, 2.45) is 0 Å². The van der Waals surface area contributed by atoms with Gasteiger partial charge in [-0.2, -0.15) is 18.4 Å². The van der Waals surface area contributed by atoms with Crippen LogP contribution in [0.25, 0.3) is 22.1 Å². The fourth-order valence-corrected chi connectivity index (χ4v) is 2.83. The van der Waals surface area contributed by atoms with E-state index in [1.807, 2.05) is 0 Å². The van der Waals surface area contributed by atoms with Crippen molar-refractivity contribution in [2.75, 3.05) is 20.8 Å². The van der Waals surface area contributed by atoms with Crippen molar-refractivity contribution in [2.45, 2.75) is 6.18 Å². The summed E-state index contributed by atoms with van der Waals surface area (Å²) >= 11 is 0. The number of nitrogens with zero attached hydrogens (tertiary/aromatic N) is 1. The zero-order chi connectivity index (χ0) is 21.2. The maximum atomic E-state index is 13.7. The summed E-state index contributed by atoms with van der Waals surface area (Å²) in [5, 5.41) is 8.50. The Morgan fingerprint density at radius 2 is 1.79 bits per heavy atom. The van der Waals surface area contributed by atoms with Gasteiger partial charge in [-0.3, -0.25) is 4.79 Å². The molecule has 0 atom stereocenters. The van der Waals surface area contributed by atoms with Crippen LogP contribution >= 0.6 is 0 Å². The number of fused-ring (bicyclic) bond motifs is 1. The molecule has 0 spiro atoms. The largest absolute Gasteiger partial charge is 0.493 e. The Balaban J connectivity index is 2.30. The van der Waals surface area contributed by atoms with Crippen LogP contribution in [0.15, 0.2) is 45.6 Å². The smallest absolute Gasteiger partial charge is 0.450 e. The van der Waals surface area contributed by atoms with Crippen LogP contribution in [0.2, 0.25) is 0 Å². The van der Waals surface area contributed by atoms with E-state index < -0.39 is 22.9 Å². The van der Waals surface area contributed by atoms with Crippen LogP contribution in [0.3, 0.4) is 0 Å². The maximum Gasteiger partial charge on any atom is 0.450 e. The van der Waals surface area contributed by atoms with Gasteiger partial charge in [0, 0.05) is 6.07 Å². The molecule has 0 aliphatic carbocycles. The molecule has 0 N–H and O–H groups in total. The molecule has 3 aromatic rings. The van der Waals surface area contributed by atoms with Gasteiger partial charge >= 0.3 is 6.18 Å². The van der Waals surface area contributed by atoms with Crippen LogP contribution < -0.4 is 19.6 Å². The molecule has 0 fully saturated rings. The van der Waals surface area contributed by atoms with Crippen molar-refractivity contribution >= 4 is 11.0 Å². The van der Waals surface area contributed by atoms with E-state index in [0.717, 1.165) is 6.07 Å². The summed E-state index contributed by atoms with van der Waals surface area (Å²) in [5.74, 6) is -0.874. The summed E-state index contributed by atoms with van der Waals surface area (Å²) < 4.78 is 61.5. The van der Waals surface area contributed by atoms with Gasteiger partial charge in [0.05, 0.1) is 25.2 Å². The van der Waals surface area contributed by atoms with Gasteiger partial charge in [0.25, 0.3) is 0 Å². The summed E-state index contributed by atoms with van der Waals surface area (Å²) in [6.07, 6.45) is -4.93. The highest BCUT2D eigenvalue weighted by atomic mass is 19.4. The Hall–Kier alpha value is -3.67. The molecular formula is C20H14F3NO5. The first-order valence-corrected chi connectivity index (χ1v) is 8.20. The molecule has 0 aliphatic rings. The molecule has 9 heteroatoms. The number of rotatable bonds is 5. The van der Waals surface area contributed by atoms with E-state index in [4.69, 9.17) is 23.9 Å². The van der Waals surface area contributed by atoms with Crippen molar-refractivity contribution < 1.29 is 31.8 Å². The van der Waals surface area contributed by atoms with Gasteiger partial charge in [0.15, 0.2) is 18.1 Å². The Bertz CT molecular complexity index is 1160. The number of nitriles is 1. The second-order valence-corrected chi connectivity index (χ2v) is 5.81. The number of ether oxygens (including phenoxy) is 3. The van der Waals surface area contributed by atoms with Gasteiger partial charge in [-0.25, -0.2) is 0 Å². The second kappa shape index (κ2) is 7.75. The average molecular weight is 405 g/mol. The highest BCUT2D eigenvalue weighted by Gasteiger charge is 2.39. The standard InChI is InChI=1S/C20H14F3NO5/c1-26-14-6-3-11(9-16(14)27-2)17-18(25)13-5-4-12(28-8-7-24)10-15(13)29-19(17)20(21,22)23/h3-6,9-10H,8H2,1-2H3. The molecule has 0 amide bonds. The zero-order valence-corrected chi connectivity index (χ0v) is 15.3.